The molecule has 1 fully saturated rings. The van der Waals surface area contributed by atoms with Crippen molar-refractivity contribution in [2.45, 2.75) is 31.8 Å². The highest BCUT2D eigenvalue weighted by atomic mass is 16.5. The molecule has 1 aliphatic heterocycles. The standard InChI is InChI=1S/C17H29N3O/c1-19(2)16-8-11-20(12-9-16)10-3-13-21-17-6-4-15(14-18)5-7-17/h4-7,16H,3,8-14,18H2,1-2H3. The number of hydrogen-bond acceptors (Lipinski definition) is 4. The monoisotopic (exact) mass is 291 g/mol. The second-order valence-corrected chi connectivity index (χ2v) is 6.09. The number of nitrogens with zero attached hydrogens (tertiary/aromatic N) is 2. The van der Waals surface area contributed by atoms with Gasteiger partial charge in [-0.05, 0) is 64.1 Å². The number of ether oxygens (including phenoxy) is 1. The van der Waals surface area contributed by atoms with Crippen molar-refractivity contribution in [3.05, 3.63) is 29.8 Å². The zero-order valence-corrected chi connectivity index (χ0v) is 13.4. The molecule has 21 heavy (non-hydrogen) atoms. The minimum Gasteiger partial charge on any atom is -0.494 e. The van der Waals surface area contributed by atoms with E-state index >= 15 is 0 Å². The van der Waals surface area contributed by atoms with Crippen molar-refractivity contribution in [1.82, 2.24) is 9.80 Å². The van der Waals surface area contributed by atoms with Crippen LogP contribution in [-0.4, -0.2) is 56.2 Å². The van der Waals surface area contributed by atoms with E-state index < -0.39 is 0 Å². The van der Waals surface area contributed by atoms with Gasteiger partial charge in [0.1, 0.15) is 5.75 Å². The van der Waals surface area contributed by atoms with E-state index in [0.717, 1.165) is 36.9 Å². The lowest BCUT2D eigenvalue weighted by molar-refractivity contribution is 0.138. The Bertz CT molecular complexity index is 397. The largest absolute Gasteiger partial charge is 0.494 e. The summed E-state index contributed by atoms with van der Waals surface area (Å²) in [4.78, 5) is 4.91. The number of nitrogens with two attached hydrogens (primary N) is 1. The van der Waals surface area contributed by atoms with E-state index in [4.69, 9.17) is 10.5 Å². The summed E-state index contributed by atoms with van der Waals surface area (Å²) in [6.45, 7) is 4.95. The minimum atomic E-state index is 0.586. The van der Waals surface area contributed by atoms with Gasteiger partial charge in [-0.25, -0.2) is 0 Å². The summed E-state index contributed by atoms with van der Waals surface area (Å²) < 4.78 is 5.78. The highest BCUT2D eigenvalue weighted by Crippen LogP contribution is 2.15. The van der Waals surface area contributed by atoms with Crippen LogP contribution in [0.15, 0.2) is 24.3 Å². The maximum Gasteiger partial charge on any atom is 0.119 e. The molecule has 1 aromatic rings. The van der Waals surface area contributed by atoms with Crippen molar-refractivity contribution < 1.29 is 4.74 Å². The van der Waals surface area contributed by atoms with Gasteiger partial charge < -0.3 is 20.3 Å². The molecule has 2 rings (SSSR count). The summed E-state index contributed by atoms with van der Waals surface area (Å²) in [5, 5.41) is 0. The van der Waals surface area contributed by atoms with Crippen LogP contribution in [0.3, 0.4) is 0 Å². The first-order chi connectivity index (χ1) is 10.2. The number of rotatable bonds is 7. The molecule has 0 radical (unpaired) electrons. The third-order valence-corrected chi connectivity index (χ3v) is 4.33. The topological polar surface area (TPSA) is 41.7 Å². The predicted molar refractivity (Wildman–Crippen MR) is 87.6 cm³/mol. The molecule has 0 amide bonds. The van der Waals surface area contributed by atoms with E-state index in [1.165, 1.54) is 25.9 Å². The first-order valence-corrected chi connectivity index (χ1v) is 7.99. The maximum atomic E-state index is 5.78. The molecule has 4 heteroatoms. The maximum absolute atomic E-state index is 5.78. The molecule has 0 saturated carbocycles. The van der Waals surface area contributed by atoms with E-state index in [0.29, 0.717) is 6.54 Å². The van der Waals surface area contributed by atoms with E-state index in [2.05, 4.69) is 23.9 Å². The van der Waals surface area contributed by atoms with Crippen molar-refractivity contribution in [2.24, 2.45) is 5.73 Å². The molecule has 1 aliphatic rings. The number of hydrogen-bond donors (Lipinski definition) is 1. The summed E-state index contributed by atoms with van der Waals surface area (Å²) in [6.07, 6.45) is 3.66. The first-order valence-electron chi connectivity index (χ1n) is 7.99. The van der Waals surface area contributed by atoms with Crippen LogP contribution in [0.4, 0.5) is 0 Å². The number of likely N-dealkylation sites (tertiary alicyclic amines) is 1. The Morgan fingerprint density at radius 1 is 1.19 bits per heavy atom. The fourth-order valence-electron chi connectivity index (χ4n) is 2.86. The predicted octanol–water partition coefficient (Wildman–Crippen LogP) is 1.94. The molecule has 1 saturated heterocycles. The van der Waals surface area contributed by atoms with E-state index in [1.54, 1.807) is 0 Å². The first kappa shape index (κ1) is 16.3. The molecule has 0 unspecified atom stereocenters. The normalized spacial score (nSPS) is 17.3. The molecular formula is C17H29N3O. The molecule has 0 aliphatic carbocycles. The van der Waals surface area contributed by atoms with Crippen molar-refractivity contribution in [1.29, 1.82) is 0 Å². The average molecular weight is 291 g/mol. The Kier molecular flexibility index (Phi) is 6.49. The summed E-state index contributed by atoms with van der Waals surface area (Å²) in [5.41, 5.74) is 6.73. The lowest BCUT2D eigenvalue weighted by atomic mass is 10.0. The van der Waals surface area contributed by atoms with Gasteiger partial charge in [-0.1, -0.05) is 12.1 Å². The van der Waals surface area contributed by atoms with Crippen molar-refractivity contribution in [3.63, 3.8) is 0 Å². The molecule has 4 nitrogen and oxygen atoms in total. The number of benzene rings is 1. The molecule has 0 spiro atoms. The third-order valence-electron chi connectivity index (χ3n) is 4.33. The molecule has 0 aromatic heterocycles. The SMILES string of the molecule is CN(C)C1CCN(CCCOc2ccc(CN)cc2)CC1. The van der Waals surface area contributed by atoms with Crippen molar-refractivity contribution >= 4 is 0 Å². The van der Waals surface area contributed by atoms with Gasteiger partial charge >= 0.3 is 0 Å². The minimum absolute atomic E-state index is 0.586. The van der Waals surface area contributed by atoms with Gasteiger partial charge in [0.05, 0.1) is 6.61 Å². The Morgan fingerprint density at radius 2 is 1.86 bits per heavy atom. The molecule has 1 heterocycles. The van der Waals surface area contributed by atoms with Crippen LogP contribution >= 0.6 is 0 Å². The van der Waals surface area contributed by atoms with Crippen LogP contribution < -0.4 is 10.5 Å². The Labute approximate surface area is 128 Å². The van der Waals surface area contributed by atoms with Crippen LogP contribution in [0.2, 0.25) is 0 Å². The lowest BCUT2D eigenvalue weighted by Crippen LogP contribution is -2.42. The molecule has 2 N–H and O–H groups in total. The van der Waals surface area contributed by atoms with Gasteiger partial charge in [-0.2, -0.15) is 0 Å². The summed E-state index contributed by atoms with van der Waals surface area (Å²) >= 11 is 0. The van der Waals surface area contributed by atoms with Gasteiger partial charge in [-0.3, -0.25) is 0 Å². The van der Waals surface area contributed by atoms with Gasteiger partial charge in [0.15, 0.2) is 0 Å². The zero-order valence-electron chi connectivity index (χ0n) is 13.4. The van der Waals surface area contributed by atoms with Crippen LogP contribution in [0, 0.1) is 0 Å². The van der Waals surface area contributed by atoms with Crippen molar-refractivity contribution in [3.8, 4) is 5.75 Å². The molecule has 0 atom stereocenters. The van der Waals surface area contributed by atoms with Gasteiger partial charge in [0, 0.05) is 19.1 Å². The van der Waals surface area contributed by atoms with Gasteiger partial charge in [0.2, 0.25) is 0 Å². The third kappa shape index (κ3) is 5.30. The molecule has 1 aromatic carbocycles. The van der Waals surface area contributed by atoms with E-state index in [-0.39, 0.29) is 0 Å². The summed E-state index contributed by atoms with van der Waals surface area (Å²) in [6, 6.07) is 8.83. The molecular weight excluding hydrogens is 262 g/mol. The van der Waals surface area contributed by atoms with Gasteiger partial charge in [-0.15, -0.1) is 0 Å². The molecule has 118 valence electrons. The zero-order chi connectivity index (χ0) is 15.1. The smallest absolute Gasteiger partial charge is 0.119 e. The highest BCUT2D eigenvalue weighted by Gasteiger charge is 2.19. The Hall–Kier alpha value is -1.10. The lowest BCUT2D eigenvalue weighted by Gasteiger charge is -2.35. The molecule has 0 bridgehead atoms. The van der Waals surface area contributed by atoms with E-state index in [1.807, 2.05) is 24.3 Å². The van der Waals surface area contributed by atoms with Crippen LogP contribution in [0.1, 0.15) is 24.8 Å². The summed E-state index contributed by atoms with van der Waals surface area (Å²) in [7, 11) is 4.37. The second-order valence-electron chi connectivity index (χ2n) is 6.09. The number of piperidine rings is 1. The second kappa shape index (κ2) is 8.37. The van der Waals surface area contributed by atoms with Crippen LogP contribution in [0.5, 0.6) is 5.75 Å². The van der Waals surface area contributed by atoms with Gasteiger partial charge in [0.25, 0.3) is 0 Å². The average Bonchev–Trinajstić information content (AvgIpc) is 2.52. The van der Waals surface area contributed by atoms with E-state index in [9.17, 15) is 0 Å². The van der Waals surface area contributed by atoms with Crippen molar-refractivity contribution in [2.75, 3.05) is 40.3 Å². The van der Waals surface area contributed by atoms with Crippen LogP contribution in [0.25, 0.3) is 0 Å². The highest BCUT2D eigenvalue weighted by molar-refractivity contribution is 5.26. The quantitative estimate of drug-likeness (QED) is 0.780. The summed E-state index contributed by atoms with van der Waals surface area (Å²) in [5.74, 6) is 0.943. The Balaban J connectivity index is 1.59. The fraction of sp³-hybridized carbons (Fsp3) is 0.647. The van der Waals surface area contributed by atoms with Crippen LogP contribution in [-0.2, 0) is 6.54 Å². The Morgan fingerprint density at radius 3 is 2.43 bits per heavy atom. The fourth-order valence-corrected chi connectivity index (χ4v) is 2.86.